The fourth-order valence-corrected chi connectivity index (χ4v) is 7.11. The Bertz CT molecular complexity index is 885. The molecule has 5 heteroatoms. The van der Waals surface area contributed by atoms with E-state index in [0.29, 0.717) is 11.4 Å². The molecule has 0 unspecified atom stereocenters. The lowest BCUT2D eigenvalue weighted by molar-refractivity contribution is 0.333. The van der Waals surface area contributed by atoms with Gasteiger partial charge in [-0.3, -0.25) is 0 Å². The van der Waals surface area contributed by atoms with E-state index in [4.69, 9.17) is 0 Å². The molecule has 0 spiro atoms. The van der Waals surface area contributed by atoms with Crippen molar-refractivity contribution in [2.24, 2.45) is 0 Å². The monoisotopic (exact) mass is 389 g/mol. The molecule has 1 aliphatic carbocycles. The predicted molar refractivity (Wildman–Crippen MR) is 107 cm³/mol. The van der Waals surface area contributed by atoms with Crippen LogP contribution >= 0.6 is 11.3 Å². The van der Waals surface area contributed by atoms with Gasteiger partial charge in [0.05, 0.1) is 10.9 Å². The maximum absolute atomic E-state index is 13.5. The Morgan fingerprint density at radius 2 is 1.77 bits per heavy atom. The van der Waals surface area contributed by atoms with Gasteiger partial charge >= 0.3 is 0 Å². The van der Waals surface area contributed by atoms with E-state index in [1.54, 1.807) is 15.6 Å². The summed E-state index contributed by atoms with van der Waals surface area (Å²) in [5, 5.41) is 0. The standard InChI is InChI=1S/C21H27NO2S2/c1-16-10-13-21(25-16)20-9-3-2-6-14-22(20)26(23,24)19-12-11-17-7-4-5-8-18(17)15-19/h10-13,15,20H,2-9,14H2,1H3/t20-/m0/s1. The molecular formula is C21H27NO2S2. The second kappa shape index (κ2) is 7.45. The highest BCUT2D eigenvalue weighted by Gasteiger charge is 2.34. The molecular weight excluding hydrogens is 362 g/mol. The zero-order valence-corrected chi connectivity index (χ0v) is 17.0. The first-order valence-corrected chi connectivity index (χ1v) is 12.0. The first-order chi connectivity index (χ1) is 12.6. The Morgan fingerprint density at radius 1 is 0.962 bits per heavy atom. The lowest BCUT2D eigenvalue weighted by Crippen LogP contribution is -2.34. The number of sulfonamides is 1. The second-order valence-electron chi connectivity index (χ2n) is 7.57. The smallest absolute Gasteiger partial charge is 0.207 e. The summed E-state index contributed by atoms with van der Waals surface area (Å²) in [5.74, 6) is 0. The highest BCUT2D eigenvalue weighted by Crippen LogP contribution is 2.38. The fraction of sp³-hybridized carbons (Fsp3) is 0.524. The molecule has 1 fully saturated rings. The van der Waals surface area contributed by atoms with Gasteiger partial charge in [0.25, 0.3) is 0 Å². The quantitative estimate of drug-likeness (QED) is 0.720. The molecule has 2 heterocycles. The average molecular weight is 390 g/mol. The van der Waals surface area contributed by atoms with Crippen molar-refractivity contribution >= 4 is 21.4 Å². The number of hydrogen-bond donors (Lipinski definition) is 0. The molecule has 3 nitrogen and oxygen atoms in total. The first-order valence-electron chi connectivity index (χ1n) is 9.76. The number of benzene rings is 1. The van der Waals surface area contributed by atoms with Gasteiger partial charge in [0, 0.05) is 16.3 Å². The van der Waals surface area contributed by atoms with E-state index in [1.807, 2.05) is 18.2 Å². The van der Waals surface area contributed by atoms with Gasteiger partial charge in [-0.05, 0) is 80.8 Å². The topological polar surface area (TPSA) is 37.4 Å². The third-order valence-electron chi connectivity index (χ3n) is 5.72. The van der Waals surface area contributed by atoms with Gasteiger partial charge in [0.2, 0.25) is 10.0 Å². The van der Waals surface area contributed by atoms with E-state index >= 15 is 0 Å². The normalized spacial score (nSPS) is 22.0. The third kappa shape index (κ3) is 3.49. The van der Waals surface area contributed by atoms with Crippen molar-refractivity contribution in [3.63, 3.8) is 0 Å². The summed E-state index contributed by atoms with van der Waals surface area (Å²) in [4.78, 5) is 2.92. The highest BCUT2D eigenvalue weighted by atomic mass is 32.2. The van der Waals surface area contributed by atoms with Crippen molar-refractivity contribution in [3.05, 3.63) is 51.2 Å². The lowest BCUT2D eigenvalue weighted by atomic mass is 9.92. The zero-order chi connectivity index (χ0) is 18.1. The van der Waals surface area contributed by atoms with Gasteiger partial charge in [0.15, 0.2) is 0 Å². The predicted octanol–water partition coefficient (Wildman–Crippen LogP) is 5.24. The summed E-state index contributed by atoms with van der Waals surface area (Å²) in [5.41, 5.74) is 2.56. The summed E-state index contributed by atoms with van der Waals surface area (Å²) in [7, 11) is -3.47. The average Bonchev–Trinajstić information content (AvgIpc) is 2.92. The zero-order valence-electron chi connectivity index (χ0n) is 15.4. The molecule has 0 radical (unpaired) electrons. The molecule has 1 aliphatic heterocycles. The Hall–Kier alpha value is -1.17. The number of aryl methyl sites for hydroxylation is 3. The van der Waals surface area contributed by atoms with Gasteiger partial charge < -0.3 is 0 Å². The molecule has 0 amide bonds. The molecule has 2 aliphatic rings. The molecule has 26 heavy (non-hydrogen) atoms. The minimum Gasteiger partial charge on any atom is -0.207 e. The lowest BCUT2D eigenvalue weighted by Gasteiger charge is -2.29. The molecule has 4 rings (SSSR count). The number of thiophene rings is 1. The largest absolute Gasteiger partial charge is 0.243 e. The number of rotatable bonds is 3. The summed E-state index contributed by atoms with van der Waals surface area (Å²) in [6, 6.07) is 10.0. The van der Waals surface area contributed by atoms with Crippen LogP contribution in [0.15, 0.2) is 35.2 Å². The van der Waals surface area contributed by atoms with Gasteiger partial charge in [0.1, 0.15) is 0 Å². The summed E-state index contributed by atoms with van der Waals surface area (Å²) in [6.07, 6.45) is 8.54. The third-order valence-corrected chi connectivity index (χ3v) is 8.73. The van der Waals surface area contributed by atoms with Gasteiger partial charge in [-0.1, -0.05) is 18.9 Å². The van der Waals surface area contributed by atoms with Crippen LogP contribution in [0.2, 0.25) is 0 Å². The maximum Gasteiger partial charge on any atom is 0.243 e. The van der Waals surface area contributed by atoms with E-state index < -0.39 is 10.0 Å². The minimum atomic E-state index is -3.47. The maximum atomic E-state index is 13.5. The Labute approximate surface area is 161 Å². The first kappa shape index (κ1) is 18.2. The molecule has 2 aromatic rings. The Kier molecular flexibility index (Phi) is 5.22. The Balaban J connectivity index is 1.72. The highest BCUT2D eigenvalue weighted by molar-refractivity contribution is 7.89. The molecule has 0 bridgehead atoms. The van der Waals surface area contributed by atoms with Crippen molar-refractivity contribution in [3.8, 4) is 0 Å². The summed E-state index contributed by atoms with van der Waals surface area (Å²) >= 11 is 1.74. The van der Waals surface area contributed by atoms with Crippen molar-refractivity contribution in [1.82, 2.24) is 4.31 Å². The molecule has 140 valence electrons. The van der Waals surface area contributed by atoms with Crippen LogP contribution < -0.4 is 0 Å². The van der Waals surface area contributed by atoms with Gasteiger partial charge in [-0.15, -0.1) is 11.3 Å². The van der Waals surface area contributed by atoms with Crippen LogP contribution in [0.3, 0.4) is 0 Å². The van der Waals surface area contributed by atoms with Crippen molar-refractivity contribution in [2.75, 3.05) is 6.54 Å². The van der Waals surface area contributed by atoms with Crippen LogP contribution in [-0.4, -0.2) is 19.3 Å². The van der Waals surface area contributed by atoms with Crippen molar-refractivity contribution < 1.29 is 8.42 Å². The summed E-state index contributed by atoms with van der Waals surface area (Å²) in [6.45, 7) is 2.72. The van der Waals surface area contributed by atoms with Crippen LogP contribution in [0, 0.1) is 6.92 Å². The fourth-order valence-electron chi connectivity index (χ4n) is 4.29. The van der Waals surface area contributed by atoms with Crippen LogP contribution in [0.25, 0.3) is 0 Å². The molecule has 1 saturated heterocycles. The second-order valence-corrected chi connectivity index (χ2v) is 10.8. The van der Waals surface area contributed by atoms with Crippen LogP contribution in [0.4, 0.5) is 0 Å². The van der Waals surface area contributed by atoms with E-state index in [-0.39, 0.29) is 6.04 Å². The van der Waals surface area contributed by atoms with E-state index in [9.17, 15) is 8.42 Å². The van der Waals surface area contributed by atoms with Gasteiger partial charge in [-0.2, -0.15) is 4.31 Å². The molecule has 0 N–H and O–H groups in total. The van der Waals surface area contributed by atoms with E-state index in [0.717, 1.165) is 44.9 Å². The van der Waals surface area contributed by atoms with Crippen LogP contribution in [-0.2, 0) is 22.9 Å². The van der Waals surface area contributed by atoms with E-state index in [1.165, 1.54) is 27.3 Å². The van der Waals surface area contributed by atoms with Crippen molar-refractivity contribution in [1.29, 1.82) is 0 Å². The van der Waals surface area contributed by atoms with Crippen LogP contribution in [0.5, 0.6) is 0 Å². The number of nitrogens with zero attached hydrogens (tertiary/aromatic N) is 1. The van der Waals surface area contributed by atoms with Crippen molar-refractivity contribution in [2.45, 2.75) is 69.2 Å². The number of fused-ring (bicyclic) bond motifs is 1. The van der Waals surface area contributed by atoms with Crippen LogP contribution in [0.1, 0.15) is 65.4 Å². The van der Waals surface area contributed by atoms with E-state index in [2.05, 4.69) is 19.1 Å². The molecule has 1 atom stereocenters. The molecule has 1 aromatic heterocycles. The summed E-state index contributed by atoms with van der Waals surface area (Å²) < 4.78 is 28.9. The molecule has 1 aromatic carbocycles. The minimum absolute atomic E-state index is 0.0165. The van der Waals surface area contributed by atoms with Gasteiger partial charge in [-0.25, -0.2) is 8.42 Å². The Morgan fingerprint density at radius 3 is 2.54 bits per heavy atom. The SMILES string of the molecule is Cc1ccc([C@@H]2CCCCCN2S(=O)(=O)c2ccc3c(c2)CCCC3)s1. The number of hydrogen-bond acceptors (Lipinski definition) is 3. The molecule has 0 saturated carbocycles.